The molecule has 5 rings (SSSR count). The predicted octanol–water partition coefficient (Wildman–Crippen LogP) is 2.16. The number of carbonyl (C=O) groups is 3. The zero-order valence-corrected chi connectivity index (χ0v) is 14.6. The summed E-state index contributed by atoms with van der Waals surface area (Å²) >= 11 is 0. The molecule has 1 aromatic heterocycles. The topological polar surface area (TPSA) is 98.4 Å². The van der Waals surface area contributed by atoms with Crippen LogP contribution >= 0.6 is 0 Å². The Hall–Kier alpha value is -3.94. The van der Waals surface area contributed by atoms with Crippen LogP contribution in [-0.4, -0.2) is 39.4 Å². The second kappa shape index (κ2) is 6.05. The van der Waals surface area contributed by atoms with Gasteiger partial charge in [0.2, 0.25) is 5.91 Å². The third-order valence-corrected chi connectivity index (χ3v) is 4.98. The molecule has 0 spiro atoms. The predicted molar refractivity (Wildman–Crippen MR) is 101 cm³/mol. The highest BCUT2D eigenvalue weighted by Gasteiger charge is 2.47. The van der Waals surface area contributed by atoms with Crippen molar-refractivity contribution in [1.29, 1.82) is 0 Å². The highest BCUT2D eigenvalue weighted by atomic mass is 16.2. The van der Waals surface area contributed by atoms with Gasteiger partial charge in [0.15, 0.2) is 0 Å². The molecule has 0 bridgehead atoms. The van der Waals surface area contributed by atoms with Crippen molar-refractivity contribution in [1.82, 2.24) is 15.1 Å². The van der Waals surface area contributed by atoms with Gasteiger partial charge in [0.25, 0.3) is 11.8 Å². The lowest BCUT2D eigenvalue weighted by atomic mass is 10.0. The standard InChI is InChI=1S/C20H15N5O3/c26-17(23-12-9-21-22-10-12)11-24-18-13-5-1-2-6-14(13)20(28)25(18)16-8-4-3-7-15(16)19(24)27/h1-10,18H,11H2,(H,21,22)(H,23,26)/t18-/m1/s1. The SMILES string of the molecule is O=C(CN1C(=O)c2ccccc2N2C(=O)c3ccccc3[C@H]12)Nc1cn[nH]c1. The van der Waals surface area contributed by atoms with Gasteiger partial charge in [-0.3, -0.25) is 24.4 Å². The summed E-state index contributed by atoms with van der Waals surface area (Å²) in [6.07, 6.45) is 2.37. The van der Waals surface area contributed by atoms with E-state index < -0.39 is 6.17 Å². The first-order valence-electron chi connectivity index (χ1n) is 8.76. The zero-order valence-electron chi connectivity index (χ0n) is 14.6. The van der Waals surface area contributed by atoms with Crippen LogP contribution in [0, 0.1) is 0 Å². The van der Waals surface area contributed by atoms with Gasteiger partial charge in [-0.1, -0.05) is 30.3 Å². The van der Waals surface area contributed by atoms with Crippen LogP contribution in [0.4, 0.5) is 11.4 Å². The molecule has 3 aromatic rings. The molecule has 8 heteroatoms. The van der Waals surface area contributed by atoms with E-state index in [1.165, 1.54) is 11.1 Å². The Balaban J connectivity index is 1.57. The van der Waals surface area contributed by atoms with Gasteiger partial charge >= 0.3 is 0 Å². The Morgan fingerprint density at radius 1 is 1.04 bits per heavy atom. The third kappa shape index (κ3) is 2.31. The van der Waals surface area contributed by atoms with Crippen LogP contribution in [0.3, 0.4) is 0 Å². The molecule has 0 fully saturated rings. The fraction of sp³-hybridized carbons (Fsp3) is 0.100. The van der Waals surface area contributed by atoms with Crippen molar-refractivity contribution in [2.24, 2.45) is 0 Å². The number of aromatic amines is 1. The number of anilines is 2. The maximum atomic E-state index is 13.2. The van der Waals surface area contributed by atoms with E-state index in [2.05, 4.69) is 15.5 Å². The van der Waals surface area contributed by atoms with Crippen molar-refractivity contribution in [3.63, 3.8) is 0 Å². The summed E-state index contributed by atoms with van der Waals surface area (Å²) in [4.78, 5) is 41.9. The normalized spacial score (nSPS) is 17.2. The van der Waals surface area contributed by atoms with Crippen LogP contribution in [0.2, 0.25) is 0 Å². The number of aromatic nitrogens is 2. The number of H-pyrrole nitrogens is 1. The molecule has 3 amide bonds. The number of amides is 3. The zero-order chi connectivity index (χ0) is 19.3. The van der Waals surface area contributed by atoms with Crippen molar-refractivity contribution in [3.8, 4) is 0 Å². The lowest BCUT2D eigenvalue weighted by molar-refractivity contribution is -0.117. The molecule has 28 heavy (non-hydrogen) atoms. The number of hydrogen-bond donors (Lipinski definition) is 2. The van der Waals surface area contributed by atoms with Crippen molar-refractivity contribution >= 4 is 29.1 Å². The van der Waals surface area contributed by atoms with Crippen molar-refractivity contribution in [2.75, 3.05) is 16.8 Å². The van der Waals surface area contributed by atoms with E-state index in [-0.39, 0.29) is 24.3 Å². The fourth-order valence-electron chi connectivity index (χ4n) is 3.81. The minimum Gasteiger partial charge on any atom is -0.322 e. The van der Waals surface area contributed by atoms with Crippen LogP contribution in [0.25, 0.3) is 0 Å². The van der Waals surface area contributed by atoms with E-state index in [9.17, 15) is 14.4 Å². The van der Waals surface area contributed by atoms with Gasteiger partial charge < -0.3 is 10.2 Å². The molecular weight excluding hydrogens is 358 g/mol. The maximum Gasteiger partial charge on any atom is 0.260 e. The van der Waals surface area contributed by atoms with E-state index in [0.29, 0.717) is 28.1 Å². The average Bonchev–Trinajstić information content (AvgIpc) is 3.32. The third-order valence-electron chi connectivity index (χ3n) is 4.98. The minimum atomic E-state index is -0.652. The highest BCUT2D eigenvalue weighted by Crippen LogP contribution is 2.44. The maximum absolute atomic E-state index is 13.2. The molecule has 2 aliphatic heterocycles. The van der Waals surface area contributed by atoms with Gasteiger partial charge in [-0.25, -0.2) is 0 Å². The van der Waals surface area contributed by atoms with Crippen LogP contribution < -0.4 is 10.2 Å². The molecule has 0 aliphatic carbocycles. The van der Waals surface area contributed by atoms with E-state index in [0.717, 1.165) is 0 Å². The second-order valence-corrected chi connectivity index (χ2v) is 6.62. The number of carbonyl (C=O) groups excluding carboxylic acids is 3. The van der Waals surface area contributed by atoms with Crippen LogP contribution in [0.5, 0.6) is 0 Å². The summed E-state index contributed by atoms with van der Waals surface area (Å²) in [6, 6.07) is 14.1. The summed E-state index contributed by atoms with van der Waals surface area (Å²) in [5.74, 6) is -0.838. The van der Waals surface area contributed by atoms with Crippen LogP contribution in [0.1, 0.15) is 32.4 Å². The van der Waals surface area contributed by atoms with E-state index in [4.69, 9.17) is 0 Å². The fourth-order valence-corrected chi connectivity index (χ4v) is 3.81. The van der Waals surface area contributed by atoms with Gasteiger partial charge in [0.05, 0.1) is 23.1 Å². The summed E-state index contributed by atoms with van der Waals surface area (Å²) in [5, 5.41) is 9.10. The molecule has 2 N–H and O–H groups in total. The molecule has 1 atom stereocenters. The monoisotopic (exact) mass is 373 g/mol. The first-order chi connectivity index (χ1) is 13.6. The Bertz CT molecular complexity index is 1110. The van der Waals surface area contributed by atoms with Crippen LogP contribution in [-0.2, 0) is 4.79 Å². The molecule has 3 heterocycles. The average molecular weight is 373 g/mol. The van der Waals surface area contributed by atoms with E-state index >= 15 is 0 Å². The molecule has 2 aromatic carbocycles. The minimum absolute atomic E-state index is 0.180. The molecule has 8 nitrogen and oxygen atoms in total. The summed E-state index contributed by atoms with van der Waals surface area (Å²) < 4.78 is 0. The van der Waals surface area contributed by atoms with Gasteiger partial charge in [0.1, 0.15) is 12.7 Å². The second-order valence-electron chi connectivity index (χ2n) is 6.62. The van der Waals surface area contributed by atoms with E-state index in [1.807, 2.05) is 12.1 Å². The number of fused-ring (bicyclic) bond motifs is 5. The largest absolute Gasteiger partial charge is 0.322 e. The number of rotatable bonds is 3. The van der Waals surface area contributed by atoms with Crippen molar-refractivity contribution in [3.05, 3.63) is 77.6 Å². The Morgan fingerprint density at radius 3 is 2.57 bits per heavy atom. The Morgan fingerprint density at radius 2 is 1.79 bits per heavy atom. The number of nitrogens with one attached hydrogen (secondary N) is 2. The molecule has 2 aliphatic rings. The molecule has 0 saturated heterocycles. The Kier molecular flexibility index (Phi) is 3.51. The molecule has 0 saturated carbocycles. The molecule has 0 unspecified atom stereocenters. The quantitative estimate of drug-likeness (QED) is 0.735. The number of para-hydroxylation sites is 1. The smallest absolute Gasteiger partial charge is 0.260 e. The Labute approximate surface area is 159 Å². The van der Waals surface area contributed by atoms with Crippen molar-refractivity contribution in [2.45, 2.75) is 6.17 Å². The summed E-state index contributed by atoms with van der Waals surface area (Å²) in [5.41, 5.74) is 2.72. The molecule has 0 radical (unpaired) electrons. The lowest BCUT2D eigenvalue weighted by Crippen LogP contribution is -2.50. The first-order valence-corrected chi connectivity index (χ1v) is 8.76. The van der Waals surface area contributed by atoms with Crippen molar-refractivity contribution < 1.29 is 14.4 Å². The van der Waals surface area contributed by atoms with Gasteiger partial charge in [-0.2, -0.15) is 5.10 Å². The number of hydrogen-bond acceptors (Lipinski definition) is 4. The summed E-state index contributed by atoms with van der Waals surface area (Å²) in [7, 11) is 0. The first kappa shape index (κ1) is 16.2. The number of benzene rings is 2. The molecule has 138 valence electrons. The highest BCUT2D eigenvalue weighted by molar-refractivity contribution is 6.17. The van der Waals surface area contributed by atoms with Gasteiger partial charge in [-0.05, 0) is 18.2 Å². The van der Waals surface area contributed by atoms with E-state index in [1.54, 1.807) is 47.5 Å². The van der Waals surface area contributed by atoms with Gasteiger partial charge in [-0.15, -0.1) is 0 Å². The number of nitrogens with zero attached hydrogens (tertiary/aromatic N) is 3. The van der Waals surface area contributed by atoms with Crippen LogP contribution in [0.15, 0.2) is 60.9 Å². The van der Waals surface area contributed by atoms with Gasteiger partial charge in [0, 0.05) is 17.3 Å². The lowest BCUT2D eigenvalue weighted by Gasteiger charge is -2.40. The molecular formula is C20H15N5O3. The summed E-state index contributed by atoms with van der Waals surface area (Å²) in [6.45, 7) is -0.193.